The van der Waals surface area contributed by atoms with E-state index < -0.39 is 11.4 Å². The number of likely N-dealkylation sites (N-methyl/N-ethyl adjacent to an activating group) is 1. The number of nitrogens with one attached hydrogen (secondary N) is 1. The summed E-state index contributed by atoms with van der Waals surface area (Å²) in [7, 11) is 5.36. The molecule has 2 N–H and O–H groups in total. The summed E-state index contributed by atoms with van der Waals surface area (Å²) in [5, 5.41) is 13.1. The number of aliphatic hydroxyl groups is 1. The van der Waals surface area contributed by atoms with Gasteiger partial charge >= 0.3 is 0 Å². The average Bonchev–Trinajstić information content (AvgIpc) is 3.74. The Hall–Kier alpha value is -3.71. The lowest BCUT2D eigenvalue weighted by Crippen LogP contribution is -2.40. The van der Waals surface area contributed by atoms with Gasteiger partial charge in [0.05, 0.1) is 41.8 Å². The van der Waals surface area contributed by atoms with Gasteiger partial charge in [0.25, 0.3) is 5.91 Å². The lowest BCUT2D eigenvalue weighted by atomic mass is 9.81. The van der Waals surface area contributed by atoms with Gasteiger partial charge in [-0.05, 0) is 61.7 Å². The molecule has 0 aliphatic carbocycles. The first kappa shape index (κ1) is 37.6. The number of rotatable bonds is 10. The van der Waals surface area contributed by atoms with Crippen LogP contribution in [0.5, 0.6) is 11.5 Å². The fourth-order valence-electron chi connectivity index (χ4n) is 8.13. The Bertz CT molecular complexity index is 2020. The van der Waals surface area contributed by atoms with Gasteiger partial charge in [-0.3, -0.25) is 9.69 Å². The smallest absolute Gasteiger partial charge is 0.291 e. The van der Waals surface area contributed by atoms with Crippen LogP contribution >= 0.6 is 23.2 Å². The summed E-state index contributed by atoms with van der Waals surface area (Å²) in [5.74, 6) is -0.428. The van der Waals surface area contributed by atoms with Crippen molar-refractivity contribution in [3.05, 3.63) is 92.2 Å². The number of hydrogen-bond donors (Lipinski definition) is 2. The molecule has 0 radical (unpaired) electrons. The molecule has 0 spiro atoms. The second-order valence-electron chi connectivity index (χ2n) is 14.4. The highest BCUT2D eigenvalue weighted by atomic mass is 35.5. The zero-order valence-electron chi connectivity index (χ0n) is 30.6. The van der Waals surface area contributed by atoms with Crippen molar-refractivity contribution < 1.29 is 28.5 Å². The molecule has 1 atom stereocenters. The molecule has 3 aromatic carbocycles. The maximum absolute atomic E-state index is 16.4. The van der Waals surface area contributed by atoms with E-state index in [9.17, 15) is 9.90 Å². The SMILES string of the molecule is COc1c(CN2CCC(CO)C2)cc(Cl)c(OC2(c3cccc(-c4cccc(NC(=O)c5nc6c(n5C)CCN(C)C6)c4Cl)c3C)CCOCC2)c1F. The number of halogens is 3. The van der Waals surface area contributed by atoms with Crippen LogP contribution in [0.4, 0.5) is 10.1 Å². The van der Waals surface area contributed by atoms with E-state index in [2.05, 4.69) is 20.1 Å². The number of carbonyl (C=O) groups excluding carboxylic acids is 1. The van der Waals surface area contributed by atoms with Gasteiger partial charge in [0.15, 0.2) is 17.3 Å². The van der Waals surface area contributed by atoms with Crippen LogP contribution in [-0.2, 0) is 36.9 Å². The summed E-state index contributed by atoms with van der Waals surface area (Å²) >= 11 is 13.9. The van der Waals surface area contributed by atoms with E-state index in [1.165, 1.54) is 7.11 Å². The van der Waals surface area contributed by atoms with E-state index in [4.69, 9.17) is 37.4 Å². The van der Waals surface area contributed by atoms with Gasteiger partial charge in [-0.1, -0.05) is 53.5 Å². The van der Waals surface area contributed by atoms with E-state index in [1.54, 1.807) is 12.1 Å². The molecule has 3 aliphatic rings. The van der Waals surface area contributed by atoms with Crippen LogP contribution in [-0.4, -0.2) is 84.0 Å². The molecule has 282 valence electrons. The largest absolute Gasteiger partial charge is 0.493 e. The zero-order chi connectivity index (χ0) is 37.4. The van der Waals surface area contributed by atoms with Crippen molar-refractivity contribution in [3.63, 3.8) is 0 Å². The molecule has 1 amide bonds. The minimum absolute atomic E-state index is 0.0704. The number of methoxy groups -OCH3 is 1. The van der Waals surface area contributed by atoms with E-state index in [0.717, 1.165) is 66.1 Å². The number of aliphatic hydroxyl groups excluding tert-OH is 1. The number of ether oxygens (including phenoxy) is 3. The lowest BCUT2D eigenvalue weighted by Gasteiger charge is -2.40. The van der Waals surface area contributed by atoms with Crippen molar-refractivity contribution in [1.82, 2.24) is 19.4 Å². The first-order valence-corrected chi connectivity index (χ1v) is 18.9. The zero-order valence-corrected chi connectivity index (χ0v) is 32.1. The quantitative estimate of drug-likeness (QED) is 0.178. The summed E-state index contributed by atoms with van der Waals surface area (Å²) in [6.07, 6.45) is 2.63. The predicted octanol–water partition coefficient (Wildman–Crippen LogP) is 6.99. The Morgan fingerprint density at radius 1 is 1.11 bits per heavy atom. The number of benzene rings is 3. The standard InChI is InChI=1S/C40H46Cl2FN5O5/c1-24-27(28-8-6-10-31(34(28)42)45-39(50)38-44-32-22-46(2)15-12-33(32)47(38)3)7-5-9-29(24)40(13-17-52-18-14-40)53-37-30(41)19-26(36(51-4)35(37)43)21-48-16-11-25(20-48)23-49/h5-10,19,25,49H,11-18,20-23H2,1-4H3,(H,45,50). The van der Waals surface area contributed by atoms with Crippen molar-refractivity contribution >= 4 is 34.8 Å². The van der Waals surface area contributed by atoms with Crippen molar-refractivity contribution in [3.8, 4) is 22.6 Å². The molecule has 0 bridgehead atoms. The summed E-state index contributed by atoms with van der Waals surface area (Å²) in [6, 6.07) is 13.2. The Kier molecular flexibility index (Phi) is 11.0. The van der Waals surface area contributed by atoms with Gasteiger partial charge in [-0.2, -0.15) is 4.39 Å². The number of imidazole rings is 1. The van der Waals surface area contributed by atoms with Gasteiger partial charge in [-0.15, -0.1) is 0 Å². The van der Waals surface area contributed by atoms with E-state index in [1.807, 2.05) is 55.9 Å². The third-order valence-corrected chi connectivity index (χ3v) is 11.7. The maximum atomic E-state index is 16.4. The molecule has 1 aromatic heterocycles. The van der Waals surface area contributed by atoms with Gasteiger partial charge in [-0.25, -0.2) is 4.98 Å². The fourth-order valence-corrected chi connectivity index (χ4v) is 8.66. The minimum Gasteiger partial charge on any atom is -0.493 e. The van der Waals surface area contributed by atoms with E-state index in [-0.39, 0.29) is 35.0 Å². The number of amides is 1. The third-order valence-electron chi connectivity index (χ3n) is 11.0. The summed E-state index contributed by atoms with van der Waals surface area (Å²) < 4.78 is 36.5. The highest BCUT2D eigenvalue weighted by Crippen LogP contribution is 2.47. The molecule has 13 heteroatoms. The lowest BCUT2D eigenvalue weighted by molar-refractivity contribution is -0.0522. The van der Waals surface area contributed by atoms with E-state index in [0.29, 0.717) is 61.2 Å². The number of likely N-dealkylation sites (tertiary alicyclic amines) is 1. The number of carbonyl (C=O) groups is 1. The minimum atomic E-state index is -0.970. The molecule has 0 saturated carbocycles. The van der Waals surface area contributed by atoms with Crippen LogP contribution in [0, 0.1) is 18.7 Å². The van der Waals surface area contributed by atoms with Crippen LogP contribution in [0.15, 0.2) is 42.5 Å². The fraction of sp³-hybridized carbons (Fsp3) is 0.450. The maximum Gasteiger partial charge on any atom is 0.291 e. The highest BCUT2D eigenvalue weighted by molar-refractivity contribution is 6.36. The molecule has 2 fully saturated rings. The molecule has 3 aliphatic heterocycles. The average molecular weight is 767 g/mol. The van der Waals surface area contributed by atoms with Gasteiger partial charge in [0, 0.05) is 75.9 Å². The molecule has 10 nitrogen and oxygen atoms in total. The second kappa shape index (κ2) is 15.6. The third kappa shape index (κ3) is 7.27. The van der Waals surface area contributed by atoms with Gasteiger partial charge in [0.2, 0.25) is 5.82 Å². The van der Waals surface area contributed by atoms with E-state index >= 15 is 4.39 Å². The van der Waals surface area contributed by atoms with Gasteiger partial charge < -0.3 is 34.1 Å². The van der Waals surface area contributed by atoms with Crippen molar-refractivity contribution in [2.75, 3.05) is 58.9 Å². The van der Waals surface area contributed by atoms with Crippen molar-refractivity contribution in [2.24, 2.45) is 13.0 Å². The van der Waals surface area contributed by atoms with Crippen LogP contribution in [0.3, 0.4) is 0 Å². The number of anilines is 1. The van der Waals surface area contributed by atoms with Gasteiger partial charge in [0.1, 0.15) is 5.60 Å². The second-order valence-corrected chi connectivity index (χ2v) is 15.2. The van der Waals surface area contributed by atoms with Crippen molar-refractivity contribution in [2.45, 2.75) is 51.3 Å². The van der Waals surface area contributed by atoms with Crippen LogP contribution < -0.4 is 14.8 Å². The summed E-state index contributed by atoms with van der Waals surface area (Å²) in [6.45, 7) is 6.52. The normalized spacial score (nSPS) is 18.9. The molecule has 4 heterocycles. The molecule has 2 saturated heterocycles. The Balaban J connectivity index is 1.20. The summed E-state index contributed by atoms with van der Waals surface area (Å²) in [5.41, 5.74) is 5.44. The summed E-state index contributed by atoms with van der Waals surface area (Å²) in [4.78, 5) is 22.6. The molecule has 7 rings (SSSR count). The van der Waals surface area contributed by atoms with Crippen LogP contribution in [0.25, 0.3) is 11.1 Å². The Morgan fingerprint density at radius 3 is 2.60 bits per heavy atom. The predicted molar refractivity (Wildman–Crippen MR) is 204 cm³/mol. The van der Waals surface area contributed by atoms with Crippen molar-refractivity contribution in [1.29, 1.82) is 0 Å². The number of aromatic nitrogens is 2. The topological polar surface area (TPSA) is 101 Å². The monoisotopic (exact) mass is 765 g/mol. The first-order valence-electron chi connectivity index (χ1n) is 18.1. The Morgan fingerprint density at radius 2 is 1.87 bits per heavy atom. The Labute approximate surface area is 319 Å². The number of nitrogens with zero attached hydrogens (tertiary/aromatic N) is 4. The molecule has 53 heavy (non-hydrogen) atoms. The molecule has 4 aromatic rings. The molecular formula is C40H46Cl2FN5O5. The van der Waals surface area contributed by atoms with Crippen LogP contribution in [0.2, 0.25) is 10.0 Å². The number of hydrogen-bond acceptors (Lipinski definition) is 8. The first-order chi connectivity index (χ1) is 25.5. The highest BCUT2D eigenvalue weighted by Gasteiger charge is 2.41. The van der Waals surface area contributed by atoms with Crippen LogP contribution in [0.1, 0.15) is 58.0 Å². The molecular weight excluding hydrogens is 720 g/mol. The number of fused-ring (bicyclic) bond motifs is 1. The molecule has 1 unspecified atom stereocenters.